The van der Waals surface area contributed by atoms with Gasteiger partial charge in [-0.3, -0.25) is 9.88 Å². The van der Waals surface area contributed by atoms with Gasteiger partial charge in [0.25, 0.3) is 0 Å². The molecule has 0 radical (unpaired) electrons. The van der Waals surface area contributed by atoms with Crippen LogP contribution in [-0.2, 0) is 13.1 Å². The lowest BCUT2D eigenvalue weighted by Crippen LogP contribution is -2.17. The highest BCUT2D eigenvalue weighted by atomic mass is 15.2. The summed E-state index contributed by atoms with van der Waals surface area (Å²) in [6.07, 6.45) is 5.50. The minimum absolute atomic E-state index is 0.675. The second kappa shape index (κ2) is 6.09. The van der Waals surface area contributed by atoms with Crippen LogP contribution < -0.4 is 11.3 Å². The van der Waals surface area contributed by atoms with E-state index in [9.17, 15) is 0 Å². The monoisotopic (exact) mass is 243 g/mol. The highest BCUT2D eigenvalue weighted by Gasteiger charge is 2.02. The summed E-state index contributed by atoms with van der Waals surface area (Å²) in [5.41, 5.74) is 4.87. The normalized spacial score (nSPS) is 10.6. The molecule has 0 spiro atoms. The number of nitrogens with two attached hydrogens (primary N) is 1. The van der Waals surface area contributed by atoms with Gasteiger partial charge in [0.2, 0.25) is 0 Å². The third-order valence-corrected chi connectivity index (χ3v) is 2.60. The summed E-state index contributed by atoms with van der Waals surface area (Å²) in [5, 5.41) is 0. The van der Waals surface area contributed by atoms with Gasteiger partial charge in [0.05, 0.1) is 0 Å². The van der Waals surface area contributed by atoms with Crippen molar-refractivity contribution in [2.75, 3.05) is 12.5 Å². The molecule has 0 aromatic carbocycles. The Labute approximate surface area is 107 Å². The summed E-state index contributed by atoms with van der Waals surface area (Å²) in [7, 11) is 2.07. The van der Waals surface area contributed by atoms with Crippen LogP contribution in [0.15, 0.2) is 42.9 Å². The highest BCUT2D eigenvalue weighted by Crippen LogP contribution is 2.08. The van der Waals surface area contributed by atoms with E-state index in [0.717, 1.165) is 18.7 Å². The van der Waals surface area contributed by atoms with Crippen LogP contribution in [0.4, 0.5) is 5.82 Å². The largest absolute Gasteiger partial charge is 0.308 e. The zero-order chi connectivity index (χ0) is 12.8. The van der Waals surface area contributed by atoms with E-state index >= 15 is 0 Å². The number of nitrogens with one attached hydrogen (secondary N) is 1. The lowest BCUT2D eigenvalue weighted by Gasteiger charge is -2.16. The van der Waals surface area contributed by atoms with E-state index in [1.165, 1.54) is 5.56 Å². The number of pyridine rings is 2. The Morgan fingerprint density at radius 3 is 2.50 bits per heavy atom. The number of hydrogen-bond acceptors (Lipinski definition) is 5. The lowest BCUT2D eigenvalue weighted by molar-refractivity contribution is 0.318. The molecule has 0 atom stereocenters. The van der Waals surface area contributed by atoms with E-state index in [1.807, 2.05) is 30.6 Å². The molecular formula is C13H17N5. The van der Waals surface area contributed by atoms with Crippen molar-refractivity contribution in [3.8, 4) is 0 Å². The van der Waals surface area contributed by atoms with Gasteiger partial charge in [-0.2, -0.15) is 0 Å². The fourth-order valence-corrected chi connectivity index (χ4v) is 1.77. The van der Waals surface area contributed by atoms with Crippen LogP contribution in [0.1, 0.15) is 11.1 Å². The molecule has 0 aliphatic heterocycles. The van der Waals surface area contributed by atoms with E-state index in [0.29, 0.717) is 5.82 Å². The van der Waals surface area contributed by atoms with Crippen LogP contribution in [-0.4, -0.2) is 21.9 Å². The summed E-state index contributed by atoms with van der Waals surface area (Å²) < 4.78 is 0. The first kappa shape index (κ1) is 12.5. The van der Waals surface area contributed by atoms with E-state index in [-0.39, 0.29) is 0 Å². The van der Waals surface area contributed by atoms with Gasteiger partial charge in [-0.15, -0.1) is 0 Å². The first-order chi connectivity index (χ1) is 8.78. The fraction of sp³-hybridized carbons (Fsp3) is 0.231. The van der Waals surface area contributed by atoms with Crippen LogP contribution in [0.2, 0.25) is 0 Å². The third-order valence-electron chi connectivity index (χ3n) is 2.60. The van der Waals surface area contributed by atoms with Crippen LogP contribution in [0.3, 0.4) is 0 Å². The molecule has 0 amide bonds. The molecule has 5 heteroatoms. The van der Waals surface area contributed by atoms with Crippen molar-refractivity contribution in [3.05, 3.63) is 54.0 Å². The summed E-state index contributed by atoms with van der Waals surface area (Å²) in [5.74, 6) is 5.95. The average molecular weight is 243 g/mol. The Kier molecular flexibility index (Phi) is 4.22. The van der Waals surface area contributed by atoms with E-state index < -0.39 is 0 Å². The van der Waals surface area contributed by atoms with Gasteiger partial charge >= 0.3 is 0 Å². The Morgan fingerprint density at radius 1 is 1.17 bits per heavy atom. The molecule has 0 saturated heterocycles. The van der Waals surface area contributed by atoms with Gasteiger partial charge in [0.15, 0.2) is 0 Å². The van der Waals surface area contributed by atoms with Crippen LogP contribution >= 0.6 is 0 Å². The zero-order valence-electron chi connectivity index (χ0n) is 10.4. The Hall–Kier alpha value is -1.98. The SMILES string of the molecule is CN(Cc1cccnc1)Cc1ccc(NN)nc1. The second-order valence-corrected chi connectivity index (χ2v) is 4.23. The molecule has 2 aromatic heterocycles. The molecular weight excluding hydrogens is 226 g/mol. The van der Waals surface area contributed by atoms with Crippen molar-refractivity contribution < 1.29 is 0 Å². The molecule has 94 valence electrons. The van der Waals surface area contributed by atoms with Crippen molar-refractivity contribution in [2.24, 2.45) is 5.84 Å². The molecule has 0 aliphatic carbocycles. The molecule has 18 heavy (non-hydrogen) atoms. The Morgan fingerprint density at radius 2 is 1.94 bits per heavy atom. The fourth-order valence-electron chi connectivity index (χ4n) is 1.77. The minimum atomic E-state index is 0.675. The standard InChI is InChI=1S/C13H17N5/c1-18(9-11-3-2-6-15-7-11)10-12-4-5-13(17-14)16-8-12/h2-8H,9-10,14H2,1H3,(H,16,17). The van der Waals surface area contributed by atoms with Gasteiger partial charge in [0, 0.05) is 31.7 Å². The molecule has 2 rings (SSSR count). The topological polar surface area (TPSA) is 67.1 Å². The van der Waals surface area contributed by atoms with Crippen molar-refractivity contribution >= 4 is 5.82 Å². The number of anilines is 1. The first-order valence-corrected chi connectivity index (χ1v) is 5.77. The zero-order valence-corrected chi connectivity index (χ0v) is 10.4. The van der Waals surface area contributed by atoms with Gasteiger partial charge in [-0.25, -0.2) is 10.8 Å². The number of nitrogens with zero attached hydrogens (tertiary/aromatic N) is 3. The van der Waals surface area contributed by atoms with E-state index in [2.05, 4.69) is 33.4 Å². The van der Waals surface area contributed by atoms with Crippen molar-refractivity contribution in [1.29, 1.82) is 0 Å². The number of nitrogen functional groups attached to an aromatic ring is 1. The molecule has 2 heterocycles. The molecule has 2 aromatic rings. The maximum Gasteiger partial charge on any atom is 0.139 e. The maximum atomic E-state index is 5.27. The van der Waals surface area contributed by atoms with Gasteiger partial charge < -0.3 is 5.43 Å². The molecule has 0 saturated carbocycles. The van der Waals surface area contributed by atoms with Crippen LogP contribution in [0.25, 0.3) is 0 Å². The quantitative estimate of drug-likeness (QED) is 0.613. The summed E-state index contributed by atoms with van der Waals surface area (Å²) in [6.45, 7) is 1.71. The predicted molar refractivity (Wildman–Crippen MR) is 71.5 cm³/mol. The van der Waals surface area contributed by atoms with Gasteiger partial charge in [-0.1, -0.05) is 12.1 Å². The van der Waals surface area contributed by atoms with Crippen LogP contribution in [0, 0.1) is 0 Å². The molecule has 0 aliphatic rings. The van der Waals surface area contributed by atoms with E-state index in [4.69, 9.17) is 5.84 Å². The molecule has 3 N–H and O–H groups in total. The maximum absolute atomic E-state index is 5.27. The van der Waals surface area contributed by atoms with Gasteiger partial charge in [0.1, 0.15) is 5.82 Å². The van der Waals surface area contributed by atoms with Crippen molar-refractivity contribution in [3.63, 3.8) is 0 Å². The third kappa shape index (κ3) is 3.51. The number of aromatic nitrogens is 2. The highest BCUT2D eigenvalue weighted by molar-refractivity contribution is 5.33. The smallest absolute Gasteiger partial charge is 0.139 e. The number of hydrazine groups is 1. The minimum Gasteiger partial charge on any atom is -0.308 e. The molecule has 5 nitrogen and oxygen atoms in total. The molecule has 0 bridgehead atoms. The molecule has 0 fully saturated rings. The lowest BCUT2D eigenvalue weighted by atomic mass is 10.2. The Balaban J connectivity index is 1.92. The second-order valence-electron chi connectivity index (χ2n) is 4.23. The van der Waals surface area contributed by atoms with Crippen molar-refractivity contribution in [1.82, 2.24) is 14.9 Å². The van der Waals surface area contributed by atoms with E-state index in [1.54, 1.807) is 6.20 Å². The predicted octanol–water partition coefficient (Wildman–Crippen LogP) is 1.39. The number of rotatable bonds is 5. The molecule has 0 unspecified atom stereocenters. The Bertz CT molecular complexity index is 469. The summed E-state index contributed by atoms with van der Waals surface area (Å²) >= 11 is 0. The first-order valence-electron chi connectivity index (χ1n) is 5.77. The van der Waals surface area contributed by atoms with Crippen LogP contribution in [0.5, 0.6) is 0 Å². The number of hydrogen-bond donors (Lipinski definition) is 2. The van der Waals surface area contributed by atoms with Gasteiger partial charge in [-0.05, 0) is 30.3 Å². The average Bonchev–Trinajstić information content (AvgIpc) is 2.40. The summed E-state index contributed by atoms with van der Waals surface area (Å²) in [4.78, 5) is 10.5. The summed E-state index contributed by atoms with van der Waals surface area (Å²) in [6, 6.07) is 7.91. The van der Waals surface area contributed by atoms with Crippen molar-refractivity contribution in [2.45, 2.75) is 13.1 Å².